The second-order valence-corrected chi connectivity index (χ2v) is 3.27. The van der Waals surface area contributed by atoms with E-state index < -0.39 is 0 Å². The fourth-order valence-electron chi connectivity index (χ4n) is 1.52. The lowest BCUT2D eigenvalue weighted by atomic mass is 9.99. The fourth-order valence-corrected chi connectivity index (χ4v) is 1.52. The van der Waals surface area contributed by atoms with E-state index in [9.17, 15) is 0 Å². The lowest BCUT2D eigenvalue weighted by molar-refractivity contribution is 1.36. The Labute approximate surface area is 80.6 Å². The quantitative estimate of drug-likeness (QED) is 0.594. The summed E-state index contributed by atoms with van der Waals surface area (Å²) in [6.07, 6.45) is 3.99. The number of benzene rings is 1. The van der Waals surface area contributed by atoms with Gasteiger partial charge in [-0.2, -0.15) is 0 Å². The number of aryl methyl sites for hydroxylation is 2. The van der Waals surface area contributed by atoms with Crippen molar-refractivity contribution in [1.29, 1.82) is 0 Å². The molecular formula is C13H16. The topological polar surface area (TPSA) is 0 Å². The molecule has 0 saturated carbocycles. The Hall–Kier alpha value is -1.30. The van der Waals surface area contributed by atoms with Gasteiger partial charge in [-0.3, -0.25) is 0 Å². The van der Waals surface area contributed by atoms with Gasteiger partial charge in [0.1, 0.15) is 0 Å². The molecule has 0 amide bonds. The fraction of sp³-hybridized carbons (Fsp3) is 0.231. The first-order chi connectivity index (χ1) is 6.19. The van der Waals surface area contributed by atoms with Crippen molar-refractivity contribution in [2.45, 2.75) is 20.8 Å². The highest BCUT2D eigenvalue weighted by Crippen LogP contribution is 2.20. The molecule has 1 aromatic carbocycles. The van der Waals surface area contributed by atoms with Crippen LogP contribution in [0.2, 0.25) is 0 Å². The standard InChI is InChI=1S/C13H16/c1-5-12(6-2)13-8-7-10(3)9-11(13)4/h5-9H,1H2,2-4H3/b12-6-. The van der Waals surface area contributed by atoms with Crippen LogP contribution in [0, 0.1) is 13.8 Å². The van der Waals surface area contributed by atoms with E-state index in [0.717, 1.165) is 0 Å². The molecular weight excluding hydrogens is 156 g/mol. The number of allylic oxidation sites excluding steroid dienone is 3. The summed E-state index contributed by atoms with van der Waals surface area (Å²) in [5.74, 6) is 0. The largest absolute Gasteiger partial charge is 0.0985 e. The summed E-state index contributed by atoms with van der Waals surface area (Å²) >= 11 is 0. The van der Waals surface area contributed by atoms with Gasteiger partial charge in [-0.05, 0) is 37.5 Å². The Bertz CT molecular complexity index is 343. The summed E-state index contributed by atoms with van der Waals surface area (Å²) in [7, 11) is 0. The predicted octanol–water partition coefficient (Wildman–Crippen LogP) is 3.89. The summed E-state index contributed by atoms with van der Waals surface area (Å²) in [5.41, 5.74) is 5.11. The van der Waals surface area contributed by atoms with Crippen LogP contribution in [0.3, 0.4) is 0 Å². The molecule has 0 unspecified atom stereocenters. The smallest absolute Gasteiger partial charge is 0.0158 e. The molecule has 0 saturated heterocycles. The van der Waals surface area contributed by atoms with Crippen LogP contribution in [0.25, 0.3) is 5.57 Å². The first kappa shape index (κ1) is 9.79. The van der Waals surface area contributed by atoms with E-state index in [-0.39, 0.29) is 0 Å². The van der Waals surface area contributed by atoms with Gasteiger partial charge in [-0.15, -0.1) is 0 Å². The van der Waals surface area contributed by atoms with Crippen LogP contribution in [0.5, 0.6) is 0 Å². The van der Waals surface area contributed by atoms with Gasteiger partial charge in [-0.25, -0.2) is 0 Å². The summed E-state index contributed by atoms with van der Waals surface area (Å²) in [6, 6.07) is 6.49. The van der Waals surface area contributed by atoms with Crippen LogP contribution in [-0.4, -0.2) is 0 Å². The van der Waals surface area contributed by atoms with Gasteiger partial charge in [0.25, 0.3) is 0 Å². The van der Waals surface area contributed by atoms with Crippen molar-refractivity contribution >= 4 is 5.57 Å². The first-order valence-electron chi connectivity index (χ1n) is 4.55. The summed E-state index contributed by atoms with van der Waals surface area (Å²) in [4.78, 5) is 0. The van der Waals surface area contributed by atoms with Crippen molar-refractivity contribution in [2.75, 3.05) is 0 Å². The van der Waals surface area contributed by atoms with Crippen molar-refractivity contribution in [3.63, 3.8) is 0 Å². The lowest BCUT2D eigenvalue weighted by Gasteiger charge is -2.06. The van der Waals surface area contributed by atoms with Crippen LogP contribution >= 0.6 is 0 Å². The van der Waals surface area contributed by atoms with Crippen molar-refractivity contribution in [2.24, 2.45) is 0 Å². The molecule has 0 radical (unpaired) electrons. The average molecular weight is 172 g/mol. The first-order valence-corrected chi connectivity index (χ1v) is 4.55. The Morgan fingerprint density at radius 2 is 2.00 bits per heavy atom. The van der Waals surface area contributed by atoms with Crippen LogP contribution in [0.4, 0.5) is 0 Å². The van der Waals surface area contributed by atoms with Gasteiger partial charge < -0.3 is 0 Å². The van der Waals surface area contributed by atoms with Crippen molar-refractivity contribution < 1.29 is 0 Å². The average Bonchev–Trinajstić information content (AvgIpc) is 2.10. The second kappa shape index (κ2) is 4.08. The maximum atomic E-state index is 3.80. The summed E-state index contributed by atoms with van der Waals surface area (Å²) in [6.45, 7) is 10.1. The highest BCUT2D eigenvalue weighted by molar-refractivity contribution is 5.75. The van der Waals surface area contributed by atoms with Crippen LogP contribution in [0.15, 0.2) is 36.9 Å². The van der Waals surface area contributed by atoms with Gasteiger partial charge in [0.2, 0.25) is 0 Å². The third kappa shape index (κ3) is 2.09. The van der Waals surface area contributed by atoms with Gasteiger partial charge in [0.15, 0.2) is 0 Å². The maximum Gasteiger partial charge on any atom is -0.0158 e. The summed E-state index contributed by atoms with van der Waals surface area (Å²) in [5, 5.41) is 0. The van der Waals surface area contributed by atoms with E-state index in [1.807, 2.05) is 13.0 Å². The predicted molar refractivity (Wildman–Crippen MR) is 59.8 cm³/mol. The number of rotatable bonds is 2. The maximum absolute atomic E-state index is 3.80. The third-order valence-corrected chi connectivity index (χ3v) is 2.22. The normalized spacial score (nSPS) is 11.5. The molecule has 0 bridgehead atoms. The summed E-state index contributed by atoms with van der Waals surface area (Å²) < 4.78 is 0. The zero-order valence-electron chi connectivity index (χ0n) is 8.59. The van der Waals surface area contributed by atoms with Crippen molar-refractivity contribution in [1.82, 2.24) is 0 Å². The molecule has 0 fully saturated rings. The molecule has 0 nitrogen and oxygen atoms in total. The zero-order chi connectivity index (χ0) is 9.84. The molecule has 0 atom stereocenters. The Balaban J connectivity index is 3.22. The van der Waals surface area contributed by atoms with Crippen LogP contribution < -0.4 is 0 Å². The molecule has 0 heteroatoms. The van der Waals surface area contributed by atoms with E-state index in [1.54, 1.807) is 0 Å². The molecule has 0 spiro atoms. The van der Waals surface area contributed by atoms with Crippen LogP contribution in [0.1, 0.15) is 23.6 Å². The zero-order valence-corrected chi connectivity index (χ0v) is 8.59. The molecule has 0 heterocycles. The lowest BCUT2D eigenvalue weighted by Crippen LogP contribution is -1.86. The molecule has 0 aliphatic carbocycles. The van der Waals surface area contributed by atoms with Gasteiger partial charge in [0, 0.05) is 0 Å². The van der Waals surface area contributed by atoms with E-state index in [0.29, 0.717) is 0 Å². The molecule has 0 aliphatic heterocycles. The van der Waals surface area contributed by atoms with Crippen molar-refractivity contribution in [3.05, 3.63) is 53.6 Å². The number of hydrogen-bond donors (Lipinski definition) is 0. The molecule has 1 aromatic rings. The van der Waals surface area contributed by atoms with Crippen molar-refractivity contribution in [3.8, 4) is 0 Å². The molecule has 0 aromatic heterocycles. The van der Waals surface area contributed by atoms with E-state index in [2.05, 4.69) is 44.7 Å². The molecule has 13 heavy (non-hydrogen) atoms. The Morgan fingerprint density at radius 1 is 1.31 bits per heavy atom. The van der Waals surface area contributed by atoms with Gasteiger partial charge >= 0.3 is 0 Å². The van der Waals surface area contributed by atoms with Gasteiger partial charge in [0.05, 0.1) is 0 Å². The highest BCUT2D eigenvalue weighted by Gasteiger charge is 2.00. The van der Waals surface area contributed by atoms with Crippen LogP contribution in [-0.2, 0) is 0 Å². The second-order valence-electron chi connectivity index (χ2n) is 3.27. The minimum Gasteiger partial charge on any atom is -0.0985 e. The third-order valence-electron chi connectivity index (χ3n) is 2.22. The van der Waals surface area contributed by atoms with E-state index >= 15 is 0 Å². The highest BCUT2D eigenvalue weighted by atomic mass is 14.0. The van der Waals surface area contributed by atoms with E-state index in [4.69, 9.17) is 0 Å². The molecule has 1 rings (SSSR count). The number of hydrogen-bond acceptors (Lipinski definition) is 0. The molecule has 0 N–H and O–H groups in total. The SMILES string of the molecule is C=C/C(=C/C)c1ccc(C)cc1C. The minimum atomic E-state index is 1.21. The van der Waals surface area contributed by atoms with E-state index in [1.165, 1.54) is 22.3 Å². The Morgan fingerprint density at radius 3 is 2.46 bits per heavy atom. The monoisotopic (exact) mass is 172 g/mol. The minimum absolute atomic E-state index is 1.21. The molecule has 0 aliphatic rings. The van der Waals surface area contributed by atoms with Gasteiger partial charge in [-0.1, -0.05) is 42.5 Å². The Kier molecular flexibility index (Phi) is 3.07. The molecule has 68 valence electrons.